The number of rotatable bonds is 2. The number of benzene rings is 2. The molecule has 1 atom stereocenters. The molecule has 3 aromatic rings. The maximum atomic E-state index is 13.9. The molecule has 1 aliphatic heterocycles. The van der Waals surface area contributed by atoms with E-state index in [0.29, 0.717) is 12.4 Å². The van der Waals surface area contributed by atoms with E-state index in [2.05, 4.69) is 9.97 Å². The number of carbonyl (C=O) groups is 1. The monoisotopic (exact) mass is 327 g/mol. The molecule has 4 rings (SSSR count). The van der Waals surface area contributed by atoms with Gasteiger partial charge in [-0.25, -0.2) is 13.8 Å². The van der Waals surface area contributed by atoms with E-state index in [9.17, 15) is 13.6 Å². The lowest BCUT2D eigenvalue weighted by Crippen LogP contribution is -2.31. The molecule has 1 amide bonds. The summed E-state index contributed by atoms with van der Waals surface area (Å²) in [5, 5.41) is 0. The molecule has 2 heterocycles. The van der Waals surface area contributed by atoms with E-state index in [1.165, 1.54) is 6.07 Å². The molecule has 1 aromatic heterocycles. The standard InChI is InChI=1S/C18H15F2N3O/c19-11-7-8-12(13(20)10-11)18(24)23-9-3-6-16(23)17-21-14-4-1-2-5-15(14)22-17/h1-2,4-5,7-8,10,16H,3,6,9H2,(H,21,22). The number of halogens is 2. The molecule has 0 radical (unpaired) electrons. The van der Waals surface area contributed by atoms with Crippen molar-refractivity contribution in [3.05, 3.63) is 65.5 Å². The first kappa shape index (κ1) is 14.8. The van der Waals surface area contributed by atoms with Gasteiger partial charge in [0, 0.05) is 12.6 Å². The second kappa shape index (κ2) is 5.70. The minimum atomic E-state index is -0.838. The van der Waals surface area contributed by atoms with Gasteiger partial charge in [0.25, 0.3) is 5.91 Å². The van der Waals surface area contributed by atoms with Crippen LogP contribution in [0.4, 0.5) is 8.78 Å². The minimum absolute atomic E-state index is 0.112. The molecule has 1 N–H and O–H groups in total. The summed E-state index contributed by atoms with van der Waals surface area (Å²) in [6, 6.07) is 10.4. The quantitative estimate of drug-likeness (QED) is 0.778. The van der Waals surface area contributed by atoms with Crippen molar-refractivity contribution in [2.75, 3.05) is 6.54 Å². The van der Waals surface area contributed by atoms with Crippen LogP contribution in [0.3, 0.4) is 0 Å². The highest BCUT2D eigenvalue weighted by Gasteiger charge is 2.33. The molecule has 4 nitrogen and oxygen atoms in total. The largest absolute Gasteiger partial charge is 0.340 e. The topological polar surface area (TPSA) is 49.0 Å². The van der Waals surface area contributed by atoms with Gasteiger partial charge in [-0.1, -0.05) is 12.1 Å². The zero-order chi connectivity index (χ0) is 16.7. The number of hydrogen-bond donors (Lipinski definition) is 1. The SMILES string of the molecule is O=C(c1ccc(F)cc1F)N1CCCC1c1nc2ccccc2[nH]1. The number of para-hydroxylation sites is 2. The predicted molar refractivity (Wildman–Crippen MR) is 85.5 cm³/mol. The number of amides is 1. The van der Waals surface area contributed by atoms with Gasteiger partial charge in [0.15, 0.2) is 0 Å². The summed E-state index contributed by atoms with van der Waals surface area (Å²) >= 11 is 0. The first-order chi connectivity index (χ1) is 11.6. The highest BCUT2D eigenvalue weighted by Crippen LogP contribution is 2.33. The molecule has 0 saturated carbocycles. The summed E-state index contributed by atoms with van der Waals surface area (Å²) in [5.41, 5.74) is 1.62. The van der Waals surface area contributed by atoms with Crippen molar-refractivity contribution < 1.29 is 13.6 Å². The Morgan fingerprint density at radius 3 is 2.83 bits per heavy atom. The van der Waals surface area contributed by atoms with E-state index < -0.39 is 17.5 Å². The van der Waals surface area contributed by atoms with Gasteiger partial charge in [-0.15, -0.1) is 0 Å². The molecular formula is C18H15F2N3O. The maximum absolute atomic E-state index is 13.9. The fourth-order valence-corrected chi connectivity index (χ4v) is 3.24. The van der Waals surface area contributed by atoms with E-state index in [-0.39, 0.29) is 11.6 Å². The lowest BCUT2D eigenvalue weighted by Gasteiger charge is -2.23. The van der Waals surface area contributed by atoms with Crippen molar-refractivity contribution in [3.63, 3.8) is 0 Å². The van der Waals surface area contributed by atoms with Gasteiger partial charge in [0.1, 0.15) is 17.5 Å². The van der Waals surface area contributed by atoms with Crippen LogP contribution in [-0.2, 0) is 0 Å². The summed E-state index contributed by atoms with van der Waals surface area (Å²) < 4.78 is 27.0. The smallest absolute Gasteiger partial charge is 0.257 e. The second-order valence-electron chi connectivity index (χ2n) is 5.92. The number of carbonyl (C=O) groups excluding carboxylic acids is 1. The molecule has 24 heavy (non-hydrogen) atoms. The van der Waals surface area contributed by atoms with E-state index in [4.69, 9.17) is 0 Å². The number of nitrogens with one attached hydrogen (secondary N) is 1. The molecule has 1 fully saturated rings. The van der Waals surface area contributed by atoms with Crippen LogP contribution in [0.15, 0.2) is 42.5 Å². The number of H-pyrrole nitrogens is 1. The Hall–Kier alpha value is -2.76. The fourth-order valence-electron chi connectivity index (χ4n) is 3.24. The summed E-state index contributed by atoms with van der Waals surface area (Å²) in [6.45, 7) is 0.525. The first-order valence-electron chi connectivity index (χ1n) is 7.84. The lowest BCUT2D eigenvalue weighted by molar-refractivity contribution is 0.0725. The number of imidazole rings is 1. The van der Waals surface area contributed by atoms with Crippen LogP contribution in [0.25, 0.3) is 11.0 Å². The zero-order valence-electron chi connectivity index (χ0n) is 12.8. The predicted octanol–water partition coefficient (Wildman–Crippen LogP) is 3.82. The number of likely N-dealkylation sites (tertiary alicyclic amines) is 1. The second-order valence-corrected chi connectivity index (χ2v) is 5.92. The Morgan fingerprint density at radius 2 is 2.04 bits per heavy atom. The van der Waals surface area contributed by atoms with E-state index in [0.717, 1.165) is 36.0 Å². The third kappa shape index (κ3) is 2.44. The fraction of sp³-hybridized carbons (Fsp3) is 0.222. The van der Waals surface area contributed by atoms with Crippen LogP contribution < -0.4 is 0 Å². The van der Waals surface area contributed by atoms with Crippen LogP contribution in [-0.4, -0.2) is 27.3 Å². The number of aromatic amines is 1. The normalized spacial score (nSPS) is 17.6. The summed E-state index contributed by atoms with van der Waals surface area (Å²) in [7, 11) is 0. The van der Waals surface area contributed by atoms with Gasteiger partial charge < -0.3 is 9.88 Å². The van der Waals surface area contributed by atoms with Crippen molar-refractivity contribution in [1.29, 1.82) is 0 Å². The third-order valence-corrected chi connectivity index (χ3v) is 4.40. The molecule has 1 saturated heterocycles. The molecule has 1 unspecified atom stereocenters. The lowest BCUT2D eigenvalue weighted by atomic mass is 10.1. The summed E-state index contributed by atoms with van der Waals surface area (Å²) in [5.74, 6) is -1.27. The molecule has 0 aliphatic carbocycles. The van der Waals surface area contributed by atoms with Crippen molar-refractivity contribution in [2.45, 2.75) is 18.9 Å². The Morgan fingerprint density at radius 1 is 1.21 bits per heavy atom. The molecule has 0 bridgehead atoms. The average Bonchev–Trinajstić information content (AvgIpc) is 3.20. The highest BCUT2D eigenvalue weighted by molar-refractivity contribution is 5.95. The van der Waals surface area contributed by atoms with Gasteiger partial charge >= 0.3 is 0 Å². The maximum Gasteiger partial charge on any atom is 0.257 e. The van der Waals surface area contributed by atoms with Gasteiger partial charge in [-0.2, -0.15) is 0 Å². The molecule has 1 aliphatic rings. The van der Waals surface area contributed by atoms with Crippen molar-refractivity contribution in [3.8, 4) is 0 Å². The van der Waals surface area contributed by atoms with Crippen molar-refractivity contribution in [2.24, 2.45) is 0 Å². The third-order valence-electron chi connectivity index (χ3n) is 4.40. The van der Waals surface area contributed by atoms with Crippen LogP contribution in [0.1, 0.15) is 35.1 Å². The zero-order valence-corrected chi connectivity index (χ0v) is 12.8. The van der Waals surface area contributed by atoms with Crippen LogP contribution in [0.5, 0.6) is 0 Å². The van der Waals surface area contributed by atoms with E-state index >= 15 is 0 Å². The van der Waals surface area contributed by atoms with Gasteiger partial charge in [0.05, 0.1) is 22.6 Å². The van der Waals surface area contributed by atoms with Crippen molar-refractivity contribution in [1.82, 2.24) is 14.9 Å². The number of fused-ring (bicyclic) bond motifs is 1. The van der Waals surface area contributed by atoms with E-state index in [1.54, 1.807) is 4.90 Å². The van der Waals surface area contributed by atoms with Gasteiger partial charge in [0.2, 0.25) is 0 Å². The Balaban J connectivity index is 1.68. The Kier molecular flexibility index (Phi) is 3.52. The van der Waals surface area contributed by atoms with Crippen LogP contribution in [0.2, 0.25) is 0 Å². The molecule has 0 spiro atoms. The molecule has 6 heteroatoms. The number of nitrogens with zero attached hydrogens (tertiary/aromatic N) is 2. The average molecular weight is 327 g/mol. The number of aromatic nitrogens is 2. The molecular weight excluding hydrogens is 312 g/mol. The van der Waals surface area contributed by atoms with Crippen molar-refractivity contribution >= 4 is 16.9 Å². The van der Waals surface area contributed by atoms with E-state index in [1.807, 2.05) is 24.3 Å². The Bertz CT molecular complexity index is 889. The van der Waals surface area contributed by atoms with Crippen LogP contribution >= 0.6 is 0 Å². The molecule has 122 valence electrons. The number of hydrogen-bond acceptors (Lipinski definition) is 2. The molecule has 2 aromatic carbocycles. The van der Waals surface area contributed by atoms with Crippen LogP contribution in [0, 0.1) is 11.6 Å². The first-order valence-corrected chi connectivity index (χ1v) is 7.84. The van der Waals surface area contributed by atoms with Gasteiger partial charge in [-0.05, 0) is 37.1 Å². The minimum Gasteiger partial charge on any atom is -0.340 e. The van der Waals surface area contributed by atoms with Gasteiger partial charge in [-0.3, -0.25) is 4.79 Å². The highest BCUT2D eigenvalue weighted by atomic mass is 19.1. The summed E-state index contributed by atoms with van der Waals surface area (Å²) in [6.07, 6.45) is 1.57. The summed E-state index contributed by atoms with van der Waals surface area (Å²) in [4.78, 5) is 22.1. The Labute approximate surface area is 137 Å².